The Kier molecular flexibility index (Phi) is 39.5. The number of unbranched alkanes of at least 4 members (excludes halogenated alkanes) is 3. The van der Waals surface area contributed by atoms with Crippen LogP contribution in [-0.2, 0) is 9.59 Å². The number of hydrogen-bond donors (Lipinski definition) is 0. The number of rotatable bonds is 13. The molecule has 0 aromatic rings. The smallest absolute Gasteiger partial charge is 0.188 e. The van der Waals surface area contributed by atoms with Crippen LogP contribution in [0.5, 0.6) is 0 Å². The standard InChI is InChI=1S/C11H22OS2.C5H8OS.C5H12S.C2H6/c1-3-5-9-13-14-10-7-6-8-11(12)4-2;6-5-3-1-2-4-7-5;1-3-4-5-6-2;1-2/h3-10H2,1-2H3;1-4H2;3-5H2,1-2H3;1-2H3. The molecule has 0 unspecified atom stereocenters. The van der Waals surface area contributed by atoms with E-state index >= 15 is 0 Å². The average molecular weight is 485 g/mol. The van der Waals surface area contributed by atoms with Crippen molar-refractivity contribution in [3.05, 3.63) is 0 Å². The molecule has 176 valence electrons. The molecule has 0 N–H and O–H groups in total. The fourth-order valence-corrected chi connectivity index (χ4v) is 5.72. The van der Waals surface area contributed by atoms with Gasteiger partial charge in [0.1, 0.15) is 5.78 Å². The third-order valence-corrected chi connectivity index (χ3v) is 8.03. The van der Waals surface area contributed by atoms with Gasteiger partial charge in [0.2, 0.25) is 0 Å². The fraction of sp³-hybridized carbons (Fsp3) is 0.913. The Morgan fingerprint density at radius 2 is 1.48 bits per heavy atom. The highest BCUT2D eigenvalue weighted by Crippen LogP contribution is 2.23. The van der Waals surface area contributed by atoms with Crippen molar-refractivity contribution >= 4 is 56.0 Å². The molecule has 1 fully saturated rings. The number of thioether (sulfide) groups is 2. The maximum Gasteiger partial charge on any atom is 0.188 e. The number of carbonyl (C=O) groups excluding carboxylic acids is 2. The van der Waals surface area contributed by atoms with E-state index < -0.39 is 0 Å². The van der Waals surface area contributed by atoms with Gasteiger partial charge in [-0.05, 0) is 50.5 Å². The predicted molar refractivity (Wildman–Crippen MR) is 145 cm³/mol. The molecule has 0 radical (unpaired) electrons. The van der Waals surface area contributed by atoms with Crippen LogP contribution in [0.4, 0.5) is 0 Å². The van der Waals surface area contributed by atoms with Gasteiger partial charge < -0.3 is 0 Å². The second kappa shape index (κ2) is 33.4. The molecular weight excluding hydrogens is 437 g/mol. The van der Waals surface area contributed by atoms with Crippen LogP contribution in [0.1, 0.15) is 105 Å². The molecule has 6 heteroatoms. The van der Waals surface area contributed by atoms with E-state index in [1.807, 2.05) is 54.1 Å². The first kappa shape index (κ1) is 34.4. The minimum Gasteiger partial charge on any atom is -0.300 e. The molecule has 1 rings (SSSR count). The Bertz CT molecular complexity index is 314. The Morgan fingerprint density at radius 1 is 0.897 bits per heavy atom. The van der Waals surface area contributed by atoms with Crippen LogP contribution in [0.3, 0.4) is 0 Å². The molecule has 0 amide bonds. The van der Waals surface area contributed by atoms with Crippen molar-refractivity contribution in [3.63, 3.8) is 0 Å². The third kappa shape index (κ3) is 36.5. The van der Waals surface area contributed by atoms with Crippen LogP contribution >= 0.6 is 45.1 Å². The van der Waals surface area contributed by atoms with Crippen molar-refractivity contribution in [1.29, 1.82) is 0 Å². The van der Waals surface area contributed by atoms with Crippen molar-refractivity contribution < 1.29 is 9.59 Å². The van der Waals surface area contributed by atoms with E-state index in [4.69, 9.17) is 0 Å². The number of ketones is 1. The van der Waals surface area contributed by atoms with E-state index in [1.165, 1.54) is 67.5 Å². The van der Waals surface area contributed by atoms with E-state index in [9.17, 15) is 9.59 Å². The quantitative estimate of drug-likeness (QED) is 0.192. The Balaban J connectivity index is -0.000000374. The van der Waals surface area contributed by atoms with E-state index in [1.54, 1.807) is 0 Å². The summed E-state index contributed by atoms with van der Waals surface area (Å²) in [5.74, 6) is 5.27. The largest absolute Gasteiger partial charge is 0.300 e. The summed E-state index contributed by atoms with van der Waals surface area (Å²) in [6.07, 6.45) is 14.4. The van der Waals surface area contributed by atoms with Gasteiger partial charge in [0.05, 0.1) is 0 Å². The van der Waals surface area contributed by atoms with Crippen LogP contribution in [0.25, 0.3) is 0 Å². The minimum absolute atomic E-state index is 0.381. The third-order valence-electron chi connectivity index (χ3n) is 3.73. The zero-order valence-corrected chi connectivity index (χ0v) is 23.3. The Hall–Kier alpha value is 0.740. The van der Waals surface area contributed by atoms with Gasteiger partial charge in [0, 0.05) is 36.5 Å². The first-order valence-corrected chi connectivity index (χ1v) is 16.4. The van der Waals surface area contributed by atoms with Crippen molar-refractivity contribution in [2.45, 2.75) is 105 Å². The highest BCUT2D eigenvalue weighted by atomic mass is 33.1. The summed E-state index contributed by atoms with van der Waals surface area (Å²) in [7, 11) is 3.93. The highest BCUT2D eigenvalue weighted by Gasteiger charge is 2.06. The maximum absolute atomic E-state index is 11.0. The van der Waals surface area contributed by atoms with Gasteiger partial charge >= 0.3 is 0 Å². The van der Waals surface area contributed by atoms with Crippen molar-refractivity contribution in [3.8, 4) is 0 Å². The lowest BCUT2D eigenvalue weighted by atomic mass is 10.1. The van der Waals surface area contributed by atoms with Gasteiger partial charge in [-0.2, -0.15) is 11.8 Å². The van der Waals surface area contributed by atoms with Gasteiger partial charge in [-0.25, -0.2) is 0 Å². The summed E-state index contributed by atoms with van der Waals surface area (Å²) >= 11 is 3.41. The molecule has 0 saturated carbocycles. The summed E-state index contributed by atoms with van der Waals surface area (Å²) in [5.41, 5.74) is 0. The summed E-state index contributed by atoms with van der Waals surface area (Å²) in [4.78, 5) is 21.4. The second-order valence-corrected chi connectivity index (χ2v) is 11.2. The monoisotopic (exact) mass is 484 g/mol. The molecule has 0 aliphatic carbocycles. The molecule has 1 saturated heterocycles. The summed E-state index contributed by atoms with van der Waals surface area (Å²) in [6, 6.07) is 0. The highest BCUT2D eigenvalue weighted by molar-refractivity contribution is 8.76. The Morgan fingerprint density at radius 3 is 1.86 bits per heavy atom. The van der Waals surface area contributed by atoms with Gasteiger partial charge in [-0.3, -0.25) is 9.59 Å². The number of carbonyl (C=O) groups is 2. The van der Waals surface area contributed by atoms with Crippen LogP contribution in [0, 0.1) is 0 Å². The molecule has 0 aromatic heterocycles. The Labute approximate surface area is 199 Å². The average Bonchev–Trinajstić information content (AvgIpc) is 2.76. The van der Waals surface area contributed by atoms with Crippen LogP contribution in [-0.4, -0.2) is 40.2 Å². The molecular formula is C23H48O2S4. The van der Waals surface area contributed by atoms with Gasteiger partial charge in [-0.15, -0.1) is 0 Å². The number of hydrogen-bond acceptors (Lipinski definition) is 6. The lowest BCUT2D eigenvalue weighted by Crippen LogP contribution is -1.99. The maximum atomic E-state index is 11.0. The van der Waals surface area contributed by atoms with Gasteiger partial charge in [-0.1, -0.05) is 80.8 Å². The summed E-state index contributed by atoms with van der Waals surface area (Å²) in [6.45, 7) is 10.4. The van der Waals surface area contributed by atoms with Gasteiger partial charge in [0.15, 0.2) is 5.12 Å². The van der Waals surface area contributed by atoms with E-state index in [-0.39, 0.29) is 0 Å². The molecule has 1 aliphatic heterocycles. The molecule has 0 atom stereocenters. The zero-order chi connectivity index (χ0) is 22.6. The van der Waals surface area contributed by atoms with Crippen LogP contribution < -0.4 is 0 Å². The van der Waals surface area contributed by atoms with Crippen molar-refractivity contribution in [2.75, 3.05) is 29.3 Å². The van der Waals surface area contributed by atoms with Crippen molar-refractivity contribution in [2.24, 2.45) is 0 Å². The zero-order valence-electron chi connectivity index (χ0n) is 20.1. The van der Waals surface area contributed by atoms with E-state index in [0.29, 0.717) is 17.3 Å². The van der Waals surface area contributed by atoms with Crippen LogP contribution in [0.2, 0.25) is 0 Å². The normalized spacial score (nSPS) is 12.6. The number of Topliss-reactive ketones (excluding diaryl/α,β-unsaturated/α-hetero) is 1. The first-order valence-electron chi connectivity index (χ1n) is 11.5. The molecule has 0 aromatic carbocycles. The summed E-state index contributed by atoms with van der Waals surface area (Å²) in [5, 5.41) is 0.381. The SMILES string of the molecule is CC.CCCCSC.CCCCSSCCCCC(=O)CC.O=C1CCCCS1. The first-order chi connectivity index (χ1) is 14.1. The van der Waals surface area contributed by atoms with E-state index in [0.717, 1.165) is 31.4 Å². The van der Waals surface area contributed by atoms with E-state index in [2.05, 4.69) is 20.1 Å². The summed E-state index contributed by atoms with van der Waals surface area (Å²) < 4.78 is 0. The second-order valence-electron chi connectivity index (χ2n) is 6.37. The molecule has 0 spiro atoms. The minimum atomic E-state index is 0.381. The van der Waals surface area contributed by atoms with Crippen molar-refractivity contribution in [1.82, 2.24) is 0 Å². The topological polar surface area (TPSA) is 34.1 Å². The molecule has 29 heavy (non-hydrogen) atoms. The lowest BCUT2D eigenvalue weighted by Gasteiger charge is -2.04. The lowest BCUT2D eigenvalue weighted by molar-refractivity contribution is -0.118. The molecule has 1 aliphatic rings. The molecule has 1 heterocycles. The fourth-order valence-electron chi connectivity index (χ4n) is 1.90. The molecule has 2 nitrogen and oxygen atoms in total. The molecule has 0 bridgehead atoms. The predicted octanol–water partition coefficient (Wildman–Crippen LogP) is 8.92. The van der Waals surface area contributed by atoms with Gasteiger partial charge in [0.25, 0.3) is 0 Å². The van der Waals surface area contributed by atoms with Crippen LogP contribution in [0.15, 0.2) is 0 Å².